The van der Waals surface area contributed by atoms with Gasteiger partial charge in [0.05, 0.1) is 0 Å². The highest BCUT2D eigenvalue weighted by Crippen LogP contribution is 2.23. The molecule has 7 heteroatoms. The second kappa shape index (κ2) is 13.0. The van der Waals surface area contributed by atoms with Gasteiger partial charge in [0.15, 0.2) is 0 Å². The molecule has 7 nitrogen and oxygen atoms in total. The first-order chi connectivity index (χ1) is 18.2. The largest absolute Gasteiger partial charge is 0.356 e. The van der Waals surface area contributed by atoms with E-state index in [9.17, 15) is 4.79 Å². The van der Waals surface area contributed by atoms with Crippen LogP contribution in [-0.2, 0) is 4.79 Å². The van der Waals surface area contributed by atoms with Crippen LogP contribution < -0.4 is 10.2 Å². The Balaban J connectivity index is 1.13. The molecule has 3 fully saturated rings. The molecule has 5 rings (SSSR count). The molecule has 1 unspecified atom stereocenters. The highest BCUT2D eigenvalue weighted by atomic mass is 16.2. The molecule has 1 N–H and O–H groups in total. The van der Waals surface area contributed by atoms with Crippen molar-refractivity contribution in [3.05, 3.63) is 54.2 Å². The van der Waals surface area contributed by atoms with E-state index in [-0.39, 0.29) is 5.91 Å². The van der Waals surface area contributed by atoms with E-state index >= 15 is 0 Å². The number of nitrogens with one attached hydrogen (secondary N) is 1. The maximum absolute atomic E-state index is 12.7. The van der Waals surface area contributed by atoms with Gasteiger partial charge in [-0.15, -0.1) is 0 Å². The zero-order chi connectivity index (χ0) is 25.3. The van der Waals surface area contributed by atoms with Crippen LogP contribution in [0.15, 0.2) is 48.7 Å². The molecule has 0 radical (unpaired) electrons. The van der Waals surface area contributed by atoms with Crippen LogP contribution in [0, 0.1) is 0 Å². The van der Waals surface area contributed by atoms with Gasteiger partial charge < -0.3 is 15.1 Å². The van der Waals surface area contributed by atoms with Crippen LogP contribution >= 0.6 is 0 Å². The first-order valence-electron chi connectivity index (χ1n) is 14.4. The molecule has 198 valence electrons. The number of anilines is 2. The molecule has 1 aromatic heterocycles. The summed E-state index contributed by atoms with van der Waals surface area (Å²) in [5.41, 5.74) is 1.06. The molecule has 3 saturated heterocycles. The standard InChI is InChI=1S/C30H42N6O/c37-29(14-13-25-10-4-3-5-11-25)35-22-16-27(17-23-35)36-21-9-6-12-26(24-36)32-30-31-18-15-28(33-30)34-19-7-1-2-8-20-34/h3-5,10-11,13-15,18,26-27H,1-2,6-9,12,16-17,19-24H2,(H,31,32,33)/b14-13+. The second-order valence-electron chi connectivity index (χ2n) is 10.8. The number of carbonyl (C=O) groups excluding carboxylic acids is 1. The van der Waals surface area contributed by atoms with E-state index in [0.29, 0.717) is 12.1 Å². The summed E-state index contributed by atoms with van der Waals surface area (Å²) in [6, 6.07) is 13.0. The third-order valence-corrected chi connectivity index (χ3v) is 8.12. The summed E-state index contributed by atoms with van der Waals surface area (Å²) in [6.07, 6.45) is 16.4. The molecule has 0 spiro atoms. The Kier molecular flexibility index (Phi) is 9.06. The Bertz CT molecular complexity index is 1010. The van der Waals surface area contributed by atoms with Gasteiger partial charge in [0, 0.05) is 57.1 Å². The van der Waals surface area contributed by atoms with Gasteiger partial charge in [-0.25, -0.2) is 4.98 Å². The zero-order valence-electron chi connectivity index (χ0n) is 22.1. The van der Waals surface area contributed by atoms with E-state index in [1.54, 1.807) is 6.08 Å². The highest BCUT2D eigenvalue weighted by molar-refractivity contribution is 5.91. The molecule has 0 bridgehead atoms. The lowest BCUT2D eigenvalue weighted by Gasteiger charge is -2.39. The number of piperidine rings is 1. The lowest BCUT2D eigenvalue weighted by molar-refractivity contribution is -0.127. The van der Waals surface area contributed by atoms with Crippen molar-refractivity contribution in [2.45, 2.75) is 69.9 Å². The van der Waals surface area contributed by atoms with Crippen molar-refractivity contribution >= 4 is 23.7 Å². The number of likely N-dealkylation sites (tertiary alicyclic amines) is 2. The summed E-state index contributed by atoms with van der Waals surface area (Å²) in [7, 11) is 0. The van der Waals surface area contributed by atoms with Crippen molar-refractivity contribution in [2.24, 2.45) is 0 Å². The molecule has 1 atom stereocenters. The van der Waals surface area contributed by atoms with Crippen LogP contribution in [0.1, 0.15) is 63.4 Å². The summed E-state index contributed by atoms with van der Waals surface area (Å²) in [5.74, 6) is 1.95. The number of hydrogen-bond donors (Lipinski definition) is 1. The van der Waals surface area contributed by atoms with Gasteiger partial charge in [0.1, 0.15) is 5.82 Å². The fourth-order valence-electron chi connectivity index (χ4n) is 5.99. The van der Waals surface area contributed by atoms with Gasteiger partial charge in [-0.05, 0) is 62.8 Å². The molecule has 1 amide bonds. The zero-order valence-corrected chi connectivity index (χ0v) is 22.1. The summed E-state index contributed by atoms with van der Waals surface area (Å²) in [4.78, 5) is 29.3. The summed E-state index contributed by atoms with van der Waals surface area (Å²) in [5, 5.41) is 3.68. The van der Waals surface area contributed by atoms with Crippen LogP contribution in [0.3, 0.4) is 0 Å². The van der Waals surface area contributed by atoms with Crippen LogP contribution in [0.25, 0.3) is 6.08 Å². The Hall–Kier alpha value is -2.93. The summed E-state index contributed by atoms with van der Waals surface area (Å²) in [6.45, 7) is 6.01. The third-order valence-electron chi connectivity index (χ3n) is 8.12. The lowest BCUT2D eigenvalue weighted by Crippen LogP contribution is -2.48. The number of rotatable bonds is 6. The maximum atomic E-state index is 12.7. The molecule has 1 aromatic carbocycles. The van der Waals surface area contributed by atoms with Gasteiger partial charge >= 0.3 is 0 Å². The van der Waals surface area contributed by atoms with Crippen molar-refractivity contribution < 1.29 is 4.79 Å². The highest BCUT2D eigenvalue weighted by Gasteiger charge is 2.29. The Morgan fingerprint density at radius 2 is 1.62 bits per heavy atom. The molecule has 37 heavy (non-hydrogen) atoms. The molecule has 3 aliphatic heterocycles. The number of nitrogens with zero attached hydrogens (tertiary/aromatic N) is 5. The third kappa shape index (κ3) is 7.31. The van der Waals surface area contributed by atoms with Gasteiger partial charge in [-0.3, -0.25) is 9.69 Å². The van der Waals surface area contributed by atoms with Crippen molar-refractivity contribution in [3.8, 4) is 0 Å². The van der Waals surface area contributed by atoms with Gasteiger partial charge in [0.2, 0.25) is 11.9 Å². The Morgan fingerprint density at radius 3 is 2.41 bits per heavy atom. The Labute approximate surface area is 222 Å². The number of aromatic nitrogens is 2. The van der Waals surface area contributed by atoms with Gasteiger partial charge in [0.25, 0.3) is 0 Å². The number of carbonyl (C=O) groups is 1. The van der Waals surface area contributed by atoms with Gasteiger partial charge in [-0.2, -0.15) is 4.98 Å². The van der Waals surface area contributed by atoms with Crippen LogP contribution in [0.4, 0.5) is 11.8 Å². The number of amides is 1. The van der Waals surface area contributed by atoms with Crippen LogP contribution in [0.2, 0.25) is 0 Å². The van der Waals surface area contributed by atoms with E-state index in [1.165, 1.54) is 38.5 Å². The minimum atomic E-state index is 0.124. The van der Waals surface area contributed by atoms with E-state index < -0.39 is 0 Å². The van der Waals surface area contributed by atoms with Crippen molar-refractivity contribution in [2.75, 3.05) is 49.5 Å². The molecule has 4 heterocycles. The Morgan fingerprint density at radius 1 is 0.865 bits per heavy atom. The average molecular weight is 503 g/mol. The second-order valence-corrected chi connectivity index (χ2v) is 10.8. The van der Waals surface area contributed by atoms with E-state index in [2.05, 4.69) is 26.2 Å². The number of hydrogen-bond acceptors (Lipinski definition) is 6. The minimum Gasteiger partial charge on any atom is -0.356 e. The monoisotopic (exact) mass is 502 g/mol. The SMILES string of the molecule is O=C(/C=C/c1ccccc1)N1CCC(N2CCCCC(Nc3nccc(N4CCCCCC4)n3)C2)CC1. The molecule has 0 saturated carbocycles. The fraction of sp³-hybridized carbons (Fsp3) is 0.567. The van der Waals surface area contributed by atoms with E-state index in [4.69, 9.17) is 4.98 Å². The minimum absolute atomic E-state index is 0.124. The van der Waals surface area contributed by atoms with E-state index in [1.807, 2.05) is 47.5 Å². The normalized spacial score (nSPS) is 22.5. The molecular formula is C30H42N6O. The summed E-state index contributed by atoms with van der Waals surface area (Å²) >= 11 is 0. The van der Waals surface area contributed by atoms with Crippen molar-refractivity contribution in [3.63, 3.8) is 0 Å². The first kappa shape index (κ1) is 25.7. The average Bonchev–Trinajstić information content (AvgIpc) is 3.36. The van der Waals surface area contributed by atoms with Crippen LogP contribution in [0.5, 0.6) is 0 Å². The molecule has 3 aliphatic rings. The quantitative estimate of drug-likeness (QED) is 0.571. The predicted molar refractivity (Wildman–Crippen MR) is 151 cm³/mol. The first-order valence-corrected chi connectivity index (χ1v) is 14.4. The topological polar surface area (TPSA) is 64.6 Å². The van der Waals surface area contributed by atoms with Crippen LogP contribution in [-0.4, -0.2) is 77.0 Å². The predicted octanol–water partition coefficient (Wildman–Crippen LogP) is 4.83. The van der Waals surface area contributed by atoms with E-state index in [0.717, 1.165) is 75.9 Å². The molecule has 2 aromatic rings. The lowest BCUT2D eigenvalue weighted by atomic mass is 10.0. The maximum Gasteiger partial charge on any atom is 0.246 e. The molecule has 0 aliphatic carbocycles. The smallest absolute Gasteiger partial charge is 0.246 e. The number of benzene rings is 1. The van der Waals surface area contributed by atoms with Crippen molar-refractivity contribution in [1.82, 2.24) is 19.8 Å². The molecular weight excluding hydrogens is 460 g/mol. The summed E-state index contributed by atoms with van der Waals surface area (Å²) < 4.78 is 0. The van der Waals surface area contributed by atoms with Gasteiger partial charge in [-0.1, -0.05) is 49.6 Å². The fourth-order valence-corrected chi connectivity index (χ4v) is 5.99. The van der Waals surface area contributed by atoms with Crippen molar-refractivity contribution in [1.29, 1.82) is 0 Å².